The van der Waals surface area contributed by atoms with Crippen molar-refractivity contribution in [3.8, 4) is 22.3 Å². The Morgan fingerprint density at radius 3 is 1.69 bits per heavy atom. The molecule has 0 radical (unpaired) electrons. The lowest BCUT2D eigenvalue weighted by atomic mass is 9.99. The van der Waals surface area contributed by atoms with Gasteiger partial charge in [-0.05, 0) is 54.5 Å². The summed E-state index contributed by atoms with van der Waals surface area (Å²) in [6.45, 7) is 0. The van der Waals surface area contributed by atoms with E-state index in [-0.39, 0.29) is 0 Å². The third-order valence-corrected chi connectivity index (χ3v) is 13.6. The van der Waals surface area contributed by atoms with E-state index in [0.29, 0.717) is 0 Å². The molecule has 166 valence electrons. The van der Waals surface area contributed by atoms with Crippen LogP contribution >= 0.6 is 0 Å². The highest BCUT2D eigenvalue weighted by Gasteiger charge is 2.54. The lowest BCUT2D eigenvalue weighted by Gasteiger charge is -2.29. The lowest BCUT2D eigenvalue weighted by molar-refractivity contribution is 1.56. The van der Waals surface area contributed by atoms with Gasteiger partial charge in [-0.3, -0.25) is 0 Å². The summed E-state index contributed by atoms with van der Waals surface area (Å²) in [6, 6.07) is 45.6. The number of hydrogen-bond donors (Lipinski definition) is 1. The predicted molar refractivity (Wildman–Crippen MR) is 155 cm³/mol. The number of benzene rings is 6. The van der Waals surface area contributed by atoms with Crippen LogP contribution in [-0.4, -0.2) is 13.1 Å². The predicted octanol–water partition coefficient (Wildman–Crippen LogP) is 5.81. The first kappa shape index (κ1) is 18.9. The molecule has 1 aromatic heterocycles. The van der Waals surface area contributed by atoms with Gasteiger partial charge in [-0.1, -0.05) is 115 Å². The van der Waals surface area contributed by atoms with Crippen molar-refractivity contribution in [1.82, 2.24) is 4.98 Å². The highest BCUT2D eigenvalue weighted by Crippen LogP contribution is 2.40. The van der Waals surface area contributed by atoms with Crippen LogP contribution in [0.2, 0.25) is 0 Å². The molecule has 2 aliphatic rings. The van der Waals surface area contributed by atoms with E-state index < -0.39 is 8.07 Å². The van der Waals surface area contributed by atoms with Crippen molar-refractivity contribution < 1.29 is 0 Å². The number of nitrogens with one attached hydrogen (secondary N) is 1. The van der Waals surface area contributed by atoms with Gasteiger partial charge in [-0.25, -0.2) is 0 Å². The van der Waals surface area contributed by atoms with E-state index in [9.17, 15) is 0 Å². The summed E-state index contributed by atoms with van der Waals surface area (Å²) in [5, 5.41) is 11.5. The zero-order valence-corrected chi connectivity index (χ0v) is 20.5. The maximum Gasteiger partial charge on any atom is 0.182 e. The van der Waals surface area contributed by atoms with Crippen molar-refractivity contribution in [1.29, 1.82) is 0 Å². The molecule has 0 amide bonds. The van der Waals surface area contributed by atoms with E-state index in [4.69, 9.17) is 0 Å². The highest BCUT2D eigenvalue weighted by molar-refractivity contribution is 7.25. The van der Waals surface area contributed by atoms with E-state index in [1.165, 1.54) is 70.4 Å². The molecule has 1 spiro atoms. The third-order valence-electron chi connectivity index (χ3n) is 8.61. The maximum atomic E-state index is 3.85. The Morgan fingerprint density at radius 2 is 1.00 bits per heavy atom. The quantitative estimate of drug-likeness (QED) is 0.269. The number of hydrogen-bond acceptors (Lipinski definition) is 0. The first-order valence-corrected chi connectivity index (χ1v) is 14.6. The molecule has 0 unspecified atom stereocenters. The van der Waals surface area contributed by atoms with Crippen LogP contribution in [0.3, 0.4) is 0 Å². The van der Waals surface area contributed by atoms with Crippen molar-refractivity contribution >= 4 is 61.4 Å². The Balaban J connectivity index is 1.58. The van der Waals surface area contributed by atoms with Crippen LogP contribution in [0.1, 0.15) is 0 Å². The van der Waals surface area contributed by atoms with Gasteiger partial charge in [0.15, 0.2) is 8.07 Å². The van der Waals surface area contributed by atoms with Crippen molar-refractivity contribution in [2.45, 2.75) is 0 Å². The molecule has 6 aromatic carbocycles. The summed E-state index contributed by atoms with van der Waals surface area (Å²) >= 11 is 0. The molecule has 0 atom stereocenters. The third kappa shape index (κ3) is 2.02. The van der Waals surface area contributed by atoms with Crippen LogP contribution in [0.25, 0.3) is 54.8 Å². The molecule has 9 rings (SSSR count). The van der Waals surface area contributed by atoms with Crippen LogP contribution in [0, 0.1) is 0 Å². The van der Waals surface area contributed by atoms with Crippen molar-refractivity contribution in [3.63, 3.8) is 0 Å². The molecule has 1 N–H and O–H groups in total. The normalized spacial score (nSPS) is 14.3. The summed E-state index contributed by atoms with van der Waals surface area (Å²) in [7, 11) is -2.50. The van der Waals surface area contributed by atoms with Crippen LogP contribution in [0.5, 0.6) is 0 Å². The van der Waals surface area contributed by atoms with Gasteiger partial charge in [-0.2, -0.15) is 0 Å². The molecule has 0 saturated carbocycles. The topological polar surface area (TPSA) is 15.8 Å². The molecule has 0 saturated heterocycles. The summed E-state index contributed by atoms with van der Waals surface area (Å²) < 4.78 is 0. The van der Waals surface area contributed by atoms with E-state index >= 15 is 0 Å². The lowest BCUT2D eigenvalue weighted by Crippen LogP contribution is -2.70. The molecular weight excluding hydrogens is 450 g/mol. The van der Waals surface area contributed by atoms with Crippen LogP contribution in [0.15, 0.2) is 121 Å². The molecule has 3 heterocycles. The Bertz CT molecular complexity index is 2000. The highest BCUT2D eigenvalue weighted by atomic mass is 28.3. The van der Waals surface area contributed by atoms with E-state index in [2.05, 4.69) is 126 Å². The van der Waals surface area contributed by atoms with E-state index in [0.717, 1.165) is 0 Å². The molecule has 36 heavy (non-hydrogen) atoms. The number of para-hydroxylation sites is 1. The van der Waals surface area contributed by atoms with Gasteiger partial charge in [0.25, 0.3) is 0 Å². The van der Waals surface area contributed by atoms with E-state index in [1.54, 1.807) is 5.19 Å². The summed E-state index contributed by atoms with van der Waals surface area (Å²) in [4.78, 5) is 3.85. The fraction of sp³-hybridized carbons (Fsp3) is 0. The monoisotopic (exact) mass is 471 g/mol. The van der Waals surface area contributed by atoms with Gasteiger partial charge < -0.3 is 4.98 Å². The van der Waals surface area contributed by atoms with Gasteiger partial charge in [0.05, 0.1) is 5.52 Å². The van der Waals surface area contributed by atoms with Crippen LogP contribution < -0.4 is 20.7 Å². The van der Waals surface area contributed by atoms with Crippen LogP contribution in [-0.2, 0) is 0 Å². The summed E-state index contributed by atoms with van der Waals surface area (Å²) in [5.74, 6) is 0. The molecule has 7 aromatic rings. The molecule has 0 bridgehead atoms. The molecule has 0 fully saturated rings. The second-order valence-corrected chi connectivity index (χ2v) is 13.7. The number of rotatable bonds is 0. The van der Waals surface area contributed by atoms with Crippen molar-refractivity contribution in [2.75, 3.05) is 0 Å². The number of aromatic nitrogens is 1. The Morgan fingerprint density at radius 1 is 0.444 bits per heavy atom. The average molecular weight is 472 g/mol. The Kier molecular flexibility index (Phi) is 3.37. The minimum absolute atomic E-state index is 1.20. The Hall–Kier alpha value is -4.40. The minimum Gasteiger partial charge on any atom is -0.354 e. The first-order valence-electron chi connectivity index (χ1n) is 12.6. The molecular formula is C34H21NSi. The van der Waals surface area contributed by atoms with Gasteiger partial charge in [0.2, 0.25) is 0 Å². The van der Waals surface area contributed by atoms with Gasteiger partial charge in [0.1, 0.15) is 0 Å². The van der Waals surface area contributed by atoms with Crippen molar-refractivity contribution in [3.05, 3.63) is 121 Å². The molecule has 2 aliphatic heterocycles. The first-order chi connectivity index (χ1) is 17.9. The Labute approximate surface area is 209 Å². The zero-order chi connectivity index (χ0) is 23.4. The zero-order valence-electron chi connectivity index (χ0n) is 19.5. The fourth-order valence-corrected chi connectivity index (χ4v) is 13.2. The number of fused-ring (bicyclic) bond motifs is 16. The SMILES string of the molecule is c1ccc2c(c1)-c1ccccc1[Si]21c2ccccc2-c2ccc3ccc4c5ccccc5[nH]c4c3c21. The maximum absolute atomic E-state index is 3.85. The number of aromatic amines is 1. The number of H-pyrrole nitrogens is 1. The van der Waals surface area contributed by atoms with Crippen molar-refractivity contribution in [2.24, 2.45) is 0 Å². The van der Waals surface area contributed by atoms with Gasteiger partial charge >= 0.3 is 0 Å². The largest absolute Gasteiger partial charge is 0.354 e. The van der Waals surface area contributed by atoms with Gasteiger partial charge in [-0.15, -0.1) is 0 Å². The van der Waals surface area contributed by atoms with E-state index in [1.807, 2.05) is 0 Å². The standard InChI is InChI=1S/C34H21NSi/c1-5-13-28-22(9-1)26-19-17-21-18-20-27-25-12-4-8-16-31(25)36(34(27)32(21)33(26)35-28)29-14-6-2-10-23(29)24-11-3-7-15-30(24)36/h1-20,35H. The van der Waals surface area contributed by atoms with Gasteiger partial charge in [0, 0.05) is 21.7 Å². The van der Waals surface area contributed by atoms with Crippen LogP contribution in [0.4, 0.5) is 0 Å². The second-order valence-electron chi connectivity index (χ2n) is 10.1. The molecule has 2 heteroatoms. The summed E-state index contributed by atoms with van der Waals surface area (Å²) in [6.07, 6.45) is 0. The summed E-state index contributed by atoms with van der Waals surface area (Å²) in [5.41, 5.74) is 8.10. The second kappa shape index (κ2) is 6.42. The fourth-order valence-electron chi connectivity index (χ4n) is 7.32. The average Bonchev–Trinajstić information content (AvgIpc) is 3.57. The smallest absolute Gasteiger partial charge is 0.182 e. The molecule has 0 aliphatic carbocycles. The minimum atomic E-state index is -2.50. The molecule has 1 nitrogen and oxygen atoms in total.